The Hall–Kier alpha value is -4.01. The van der Waals surface area contributed by atoms with E-state index in [0.29, 0.717) is 41.2 Å². The first-order valence-corrected chi connectivity index (χ1v) is 11.9. The van der Waals surface area contributed by atoms with Crippen molar-refractivity contribution in [3.63, 3.8) is 0 Å². The maximum Gasteiger partial charge on any atom is 0.251 e. The van der Waals surface area contributed by atoms with Crippen LogP contribution in [0.15, 0.2) is 42.6 Å². The number of aromatic nitrogens is 4. The highest BCUT2D eigenvalue weighted by Gasteiger charge is 2.26. The van der Waals surface area contributed by atoms with Crippen LogP contribution in [0.1, 0.15) is 53.3 Å². The molecule has 4 N–H and O–H groups in total. The van der Waals surface area contributed by atoms with Gasteiger partial charge in [-0.05, 0) is 61.2 Å². The number of carbonyl (C=O) groups excluding carboxylic acids is 1. The van der Waals surface area contributed by atoms with E-state index in [1.54, 1.807) is 18.2 Å². The number of halogens is 1. The van der Waals surface area contributed by atoms with Crippen LogP contribution in [0.25, 0.3) is 22.3 Å². The molecular formula is C26H25FN6O2. The summed E-state index contributed by atoms with van der Waals surface area (Å²) in [4.78, 5) is 28.6. The number of nitrogens with zero attached hydrogens (tertiary/aromatic N) is 3. The molecule has 6 rings (SSSR count). The number of aromatic amines is 1. The number of hydrogen-bond acceptors (Lipinski definition) is 6. The van der Waals surface area contributed by atoms with Gasteiger partial charge in [-0.25, -0.2) is 19.3 Å². The zero-order chi connectivity index (χ0) is 23.9. The van der Waals surface area contributed by atoms with Crippen molar-refractivity contribution in [1.29, 1.82) is 0 Å². The van der Waals surface area contributed by atoms with Crippen molar-refractivity contribution < 1.29 is 13.9 Å². The summed E-state index contributed by atoms with van der Waals surface area (Å²) < 4.78 is 20.9. The standard InChI is InChI=1S/C26H25FN6O2/c27-19-11-15(20-7-8-29-26(28)32-20)12-21-23(19)33-24(31-21)17-10-16-9-14(5-6-22(16)35-13-17)25(34)30-18-3-1-2-4-18/h5-9,11-12,17-18H,1-4,10,13H2,(H,30,34)(H,31,33)(H2,28,29,32). The lowest BCUT2D eigenvalue weighted by atomic mass is 9.94. The largest absolute Gasteiger partial charge is 0.493 e. The summed E-state index contributed by atoms with van der Waals surface area (Å²) in [6, 6.07) is 10.7. The summed E-state index contributed by atoms with van der Waals surface area (Å²) in [5.41, 5.74) is 9.21. The van der Waals surface area contributed by atoms with E-state index >= 15 is 0 Å². The van der Waals surface area contributed by atoms with E-state index in [-0.39, 0.29) is 29.3 Å². The molecule has 9 heteroatoms. The molecule has 0 saturated heterocycles. The number of carbonyl (C=O) groups is 1. The molecule has 1 fully saturated rings. The number of hydrogen-bond donors (Lipinski definition) is 3. The van der Waals surface area contributed by atoms with Crippen LogP contribution in [-0.4, -0.2) is 38.5 Å². The topological polar surface area (TPSA) is 119 Å². The predicted molar refractivity (Wildman–Crippen MR) is 130 cm³/mol. The predicted octanol–water partition coefficient (Wildman–Crippen LogP) is 4.13. The Morgan fingerprint density at radius 2 is 2.00 bits per heavy atom. The van der Waals surface area contributed by atoms with Gasteiger partial charge in [0.15, 0.2) is 5.82 Å². The summed E-state index contributed by atoms with van der Waals surface area (Å²) in [6.07, 6.45) is 6.58. The molecule has 0 bridgehead atoms. The summed E-state index contributed by atoms with van der Waals surface area (Å²) in [7, 11) is 0. The molecule has 178 valence electrons. The number of H-pyrrole nitrogens is 1. The number of rotatable bonds is 4. The van der Waals surface area contributed by atoms with Crippen LogP contribution >= 0.6 is 0 Å². The SMILES string of the molecule is Nc1nccc(-c2cc(F)c3nc(C4COc5ccc(C(=O)NC6CCCC6)cc5C4)[nH]c3c2)n1. The van der Waals surface area contributed by atoms with Crippen molar-refractivity contribution in [2.24, 2.45) is 0 Å². The molecule has 3 heterocycles. The van der Waals surface area contributed by atoms with Crippen LogP contribution in [0.2, 0.25) is 0 Å². The van der Waals surface area contributed by atoms with Gasteiger partial charge in [0.2, 0.25) is 5.95 Å². The van der Waals surface area contributed by atoms with Gasteiger partial charge in [-0.15, -0.1) is 0 Å². The van der Waals surface area contributed by atoms with Gasteiger partial charge in [-0.3, -0.25) is 4.79 Å². The second-order valence-electron chi connectivity index (χ2n) is 9.27. The molecule has 1 aliphatic heterocycles. The molecule has 1 atom stereocenters. The average Bonchev–Trinajstić information content (AvgIpc) is 3.53. The number of ether oxygens (including phenoxy) is 1. The van der Waals surface area contributed by atoms with Crippen LogP contribution in [0.3, 0.4) is 0 Å². The second-order valence-corrected chi connectivity index (χ2v) is 9.27. The maximum atomic E-state index is 14.9. The zero-order valence-electron chi connectivity index (χ0n) is 19.1. The van der Waals surface area contributed by atoms with Crippen LogP contribution in [0.4, 0.5) is 10.3 Å². The van der Waals surface area contributed by atoms with Crippen molar-refractivity contribution in [3.05, 3.63) is 65.4 Å². The highest BCUT2D eigenvalue weighted by Crippen LogP contribution is 2.34. The minimum Gasteiger partial charge on any atom is -0.493 e. The third-order valence-corrected chi connectivity index (χ3v) is 6.83. The van der Waals surface area contributed by atoms with E-state index < -0.39 is 5.82 Å². The number of benzene rings is 2. The van der Waals surface area contributed by atoms with Gasteiger partial charge in [0, 0.05) is 23.4 Å². The van der Waals surface area contributed by atoms with Crippen molar-refractivity contribution in [3.8, 4) is 17.0 Å². The third kappa shape index (κ3) is 4.18. The summed E-state index contributed by atoms with van der Waals surface area (Å²) in [6.45, 7) is 0.414. The van der Waals surface area contributed by atoms with Gasteiger partial charge in [0.05, 0.1) is 23.7 Å². The zero-order valence-corrected chi connectivity index (χ0v) is 19.1. The van der Waals surface area contributed by atoms with Gasteiger partial charge < -0.3 is 20.8 Å². The minimum absolute atomic E-state index is 0.0504. The average molecular weight is 473 g/mol. The molecule has 2 aliphatic rings. The van der Waals surface area contributed by atoms with Crippen LogP contribution in [0.5, 0.6) is 5.75 Å². The normalized spacial score (nSPS) is 17.8. The Morgan fingerprint density at radius 3 is 2.83 bits per heavy atom. The Labute approximate surface area is 201 Å². The molecule has 4 aromatic rings. The molecule has 2 aromatic heterocycles. The molecule has 1 aliphatic carbocycles. The Balaban J connectivity index is 1.26. The fraction of sp³-hybridized carbons (Fsp3) is 0.308. The monoisotopic (exact) mass is 472 g/mol. The van der Waals surface area contributed by atoms with Crippen molar-refractivity contribution >= 4 is 22.9 Å². The van der Waals surface area contributed by atoms with E-state index in [0.717, 1.165) is 37.0 Å². The molecule has 1 amide bonds. The van der Waals surface area contributed by atoms with Crippen molar-refractivity contribution in [2.75, 3.05) is 12.3 Å². The Morgan fingerprint density at radius 1 is 1.14 bits per heavy atom. The number of anilines is 1. The number of fused-ring (bicyclic) bond motifs is 2. The van der Waals surface area contributed by atoms with Crippen molar-refractivity contribution in [1.82, 2.24) is 25.3 Å². The van der Waals surface area contributed by atoms with E-state index in [4.69, 9.17) is 10.5 Å². The quantitative estimate of drug-likeness (QED) is 0.411. The van der Waals surface area contributed by atoms with Gasteiger partial charge in [-0.1, -0.05) is 12.8 Å². The van der Waals surface area contributed by atoms with Crippen LogP contribution in [0, 0.1) is 5.82 Å². The lowest BCUT2D eigenvalue weighted by molar-refractivity contribution is 0.0937. The van der Waals surface area contributed by atoms with E-state index in [1.165, 1.54) is 12.3 Å². The lowest BCUT2D eigenvalue weighted by Crippen LogP contribution is -2.32. The van der Waals surface area contributed by atoms with E-state index in [9.17, 15) is 9.18 Å². The van der Waals surface area contributed by atoms with Crippen molar-refractivity contribution in [2.45, 2.75) is 44.1 Å². The Kier molecular flexibility index (Phi) is 5.32. The first-order valence-electron chi connectivity index (χ1n) is 11.9. The number of amides is 1. The fourth-order valence-corrected chi connectivity index (χ4v) is 5.02. The summed E-state index contributed by atoms with van der Waals surface area (Å²) in [5.74, 6) is 0.947. The summed E-state index contributed by atoms with van der Waals surface area (Å²) >= 11 is 0. The number of nitrogens with two attached hydrogens (primary N) is 1. The molecule has 0 spiro atoms. The van der Waals surface area contributed by atoms with Gasteiger partial charge >= 0.3 is 0 Å². The minimum atomic E-state index is -0.444. The molecular weight excluding hydrogens is 447 g/mol. The molecule has 8 nitrogen and oxygen atoms in total. The second kappa shape index (κ2) is 8.65. The van der Waals surface area contributed by atoms with E-state index in [2.05, 4.69) is 25.3 Å². The molecule has 0 radical (unpaired) electrons. The number of nitrogens with one attached hydrogen (secondary N) is 2. The van der Waals surface area contributed by atoms with Gasteiger partial charge in [-0.2, -0.15) is 0 Å². The maximum absolute atomic E-state index is 14.9. The molecule has 1 unspecified atom stereocenters. The van der Waals surface area contributed by atoms with Gasteiger partial charge in [0.1, 0.15) is 17.1 Å². The highest BCUT2D eigenvalue weighted by atomic mass is 19.1. The summed E-state index contributed by atoms with van der Waals surface area (Å²) in [5, 5.41) is 3.13. The third-order valence-electron chi connectivity index (χ3n) is 6.83. The van der Waals surface area contributed by atoms with Gasteiger partial charge in [0.25, 0.3) is 5.91 Å². The first kappa shape index (κ1) is 21.5. The smallest absolute Gasteiger partial charge is 0.251 e. The Bertz CT molecular complexity index is 1430. The van der Waals surface area contributed by atoms with Crippen LogP contribution < -0.4 is 15.8 Å². The first-order chi connectivity index (χ1) is 17.0. The highest BCUT2D eigenvalue weighted by molar-refractivity contribution is 5.94. The molecule has 35 heavy (non-hydrogen) atoms. The lowest BCUT2D eigenvalue weighted by Gasteiger charge is -2.24. The number of nitrogen functional groups attached to an aromatic ring is 1. The van der Waals surface area contributed by atoms with E-state index in [1.807, 2.05) is 12.1 Å². The van der Waals surface area contributed by atoms with Crippen LogP contribution in [-0.2, 0) is 6.42 Å². The fourth-order valence-electron chi connectivity index (χ4n) is 5.02. The molecule has 2 aromatic carbocycles. The molecule has 1 saturated carbocycles. The number of imidazole rings is 1.